The average molecular weight is 240 g/mol. The maximum atomic E-state index is 11.4. The molecule has 1 spiro atoms. The Morgan fingerprint density at radius 1 is 1.29 bits per heavy atom. The second kappa shape index (κ2) is 5.96. The van der Waals surface area contributed by atoms with Gasteiger partial charge in [-0.25, -0.2) is 0 Å². The van der Waals surface area contributed by atoms with Gasteiger partial charge in [-0.1, -0.05) is 6.92 Å². The molecule has 17 heavy (non-hydrogen) atoms. The van der Waals surface area contributed by atoms with Crippen LogP contribution in [0.5, 0.6) is 0 Å². The maximum Gasteiger partial charge on any atom is 0.132 e. The lowest BCUT2D eigenvalue weighted by Gasteiger charge is -2.43. The predicted octanol–water partition coefficient (Wildman–Crippen LogP) is 2.72. The highest BCUT2D eigenvalue weighted by molar-refractivity contribution is 5.77. The van der Waals surface area contributed by atoms with Crippen LogP contribution < -0.4 is 0 Å². The second-order valence-corrected chi connectivity index (χ2v) is 5.43. The van der Waals surface area contributed by atoms with E-state index in [1.54, 1.807) is 0 Å². The molecule has 3 nitrogen and oxygen atoms in total. The van der Waals surface area contributed by atoms with E-state index >= 15 is 0 Å². The minimum atomic E-state index is 0.0798. The lowest BCUT2D eigenvalue weighted by atomic mass is 9.79. The first-order valence-electron chi connectivity index (χ1n) is 6.97. The van der Waals surface area contributed by atoms with Crippen molar-refractivity contribution in [1.82, 2.24) is 0 Å². The molecule has 0 aliphatic carbocycles. The molecule has 0 radical (unpaired) electrons. The minimum absolute atomic E-state index is 0.0798. The van der Waals surface area contributed by atoms with E-state index < -0.39 is 0 Å². The highest BCUT2D eigenvalue weighted by atomic mass is 16.5. The predicted molar refractivity (Wildman–Crippen MR) is 66.0 cm³/mol. The van der Waals surface area contributed by atoms with E-state index in [1.165, 1.54) is 0 Å². The van der Waals surface area contributed by atoms with Crippen LogP contribution in [-0.2, 0) is 14.3 Å². The molecule has 0 aromatic heterocycles. The monoisotopic (exact) mass is 240 g/mol. The van der Waals surface area contributed by atoms with Crippen molar-refractivity contribution in [3.05, 3.63) is 0 Å². The first kappa shape index (κ1) is 13.0. The van der Waals surface area contributed by atoms with E-state index in [-0.39, 0.29) is 5.60 Å². The molecule has 2 aliphatic heterocycles. The topological polar surface area (TPSA) is 35.5 Å². The molecular formula is C14H24O3. The first-order chi connectivity index (χ1) is 8.24. The number of hydrogen-bond acceptors (Lipinski definition) is 3. The molecule has 2 fully saturated rings. The summed E-state index contributed by atoms with van der Waals surface area (Å²) >= 11 is 0. The van der Waals surface area contributed by atoms with E-state index in [1.807, 2.05) is 6.92 Å². The summed E-state index contributed by atoms with van der Waals surface area (Å²) in [6.07, 6.45) is 6.82. The number of carbonyl (C=O) groups excluding carboxylic acids is 1. The van der Waals surface area contributed by atoms with E-state index in [0.29, 0.717) is 18.1 Å². The minimum Gasteiger partial charge on any atom is -0.381 e. The molecular weight excluding hydrogens is 216 g/mol. The molecule has 3 heteroatoms. The Hall–Kier alpha value is -0.410. The number of ketones is 1. The van der Waals surface area contributed by atoms with Crippen LogP contribution >= 0.6 is 0 Å². The van der Waals surface area contributed by atoms with Crippen LogP contribution in [0.2, 0.25) is 0 Å². The van der Waals surface area contributed by atoms with Crippen LogP contribution in [0.3, 0.4) is 0 Å². The van der Waals surface area contributed by atoms with Gasteiger partial charge in [0, 0.05) is 32.7 Å². The fraction of sp³-hybridized carbons (Fsp3) is 0.929. The molecule has 2 aliphatic rings. The number of rotatable bonds is 4. The van der Waals surface area contributed by atoms with Gasteiger partial charge in [0.15, 0.2) is 0 Å². The van der Waals surface area contributed by atoms with Crippen molar-refractivity contribution in [2.24, 2.45) is 5.92 Å². The summed E-state index contributed by atoms with van der Waals surface area (Å²) in [5.74, 6) is 1.08. The second-order valence-electron chi connectivity index (χ2n) is 5.43. The van der Waals surface area contributed by atoms with Gasteiger partial charge >= 0.3 is 0 Å². The molecule has 1 unspecified atom stereocenters. The van der Waals surface area contributed by atoms with Gasteiger partial charge in [-0.2, -0.15) is 0 Å². The molecule has 2 rings (SSSR count). The molecule has 98 valence electrons. The van der Waals surface area contributed by atoms with Gasteiger partial charge in [0.25, 0.3) is 0 Å². The third-order valence-electron chi connectivity index (χ3n) is 4.22. The van der Waals surface area contributed by atoms with Gasteiger partial charge in [0.2, 0.25) is 0 Å². The number of carbonyl (C=O) groups is 1. The summed E-state index contributed by atoms with van der Waals surface area (Å²) in [4.78, 5) is 11.4. The van der Waals surface area contributed by atoms with Crippen LogP contribution in [-0.4, -0.2) is 31.2 Å². The van der Waals surface area contributed by atoms with E-state index in [2.05, 4.69) is 0 Å². The van der Waals surface area contributed by atoms with Crippen LogP contribution in [0, 0.1) is 5.92 Å². The van der Waals surface area contributed by atoms with E-state index in [0.717, 1.165) is 58.3 Å². The van der Waals surface area contributed by atoms with Crippen LogP contribution in [0.1, 0.15) is 51.9 Å². The van der Waals surface area contributed by atoms with E-state index in [4.69, 9.17) is 9.47 Å². The maximum absolute atomic E-state index is 11.4. The fourth-order valence-electron chi connectivity index (χ4n) is 3.01. The quantitative estimate of drug-likeness (QED) is 0.758. The van der Waals surface area contributed by atoms with Gasteiger partial charge in [-0.15, -0.1) is 0 Å². The third kappa shape index (κ3) is 3.52. The highest BCUT2D eigenvalue weighted by Gasteiger charge is 2.38. The van der Waals surface area contributed by atoms with E-state index in [9.17, 15) is 4.79 Å². The third-order valence-corrected chi connectivity index (χ3v) is 4.22. The first-order valence-corrected chi connectivity index (χ1v) is 6.97. The Morgan fingerprint density at radius 3 is 2.76 bits per heavy atom. The van der Waals surface area contributed by atoms with Crippen LogP contribution in [0.25, 0.3) is 0 Å². The molecule has 0 amide bonds. The van der Waals surface area contributed by atoms with Crippen molar-refractivity contribution in [2.75, 3.05) is 19.8 Å². The number of Topliss-reactive ketones (excluding diaryl/α,β-unsaturated/α-hetero) is 1. The Balaban J connectivity index is 1.81. The van der Waals surface area contributed by atoms with Crippen LogP contribution in [0.15, 0.2) is 0 Å². The van der Waals surface area contributed by atoms with Crippen LogP contribution in [0.4, 0.5) is 0 Å². The smallest absolute Gasteiger partial charge is 0.132 e. The van der Waals surface area contributed by atoms with Crippen molar-refractivity contribution < 1.29 is 14.3 Å². The summed E-state index contributed by atoms with van der Waals surface area (Å²) in [6.45, 7) is 4.48. The SMILES string of the molecule is CCC(=O)CCC1CCOC2(CCOCC2)C1. The van der Waals surface area contributed by atoms with Gasteiger partial charge in [0.1, 0.15) is 5.78 Å². The summed E-state index contributed by atoms with van der Waals surface area (Å²) < 4.78 is 11.4. The molecule has 2 saturated heterocycles. The lowest BCUT2D eigenvalue weighted by Crippen LogP contribution is -2.44. The van der Waals surface area contributed by atoms with Crippen molar-refractivity contribution in [3.63, 3.8) is 0 Å². The summed E-state index contributed by atoms with van der Waals surface area (Å²) in [6, 6.07) is 0. The van der Waals surface area contributed by atoms with Gasteiger partial charge in [-0.05, 0) is 38.0 Å². The largest absolute Gasteiger partial charge is 0.381 e. The fourth-order valence-corrected chi connectivity index (χ4v) is 3.01. The zero-order chi connectivity index (χ0) is 12.1. The highest BCUT2D eigenvalue weighted by Crippen LogP contribution is 2.38. The van der Waals surface area contributed by atoms with Gasteiger partial charge < -0.3 is 9.47 Å². The summed E-state index contributed by atoms with van der Waals surface area (Å²) in [5.41, 5.74) is 0.0798. The average Bonchev–Trinajstić information content (AvgIpc) is 2.37. The molecule has 2 heterocycles. The molecule has 1 atom stereocenters. The molecule has 0 aromatic carbocycles. The molecule has 0 aromatic rings. The van der Waals surface area contributed by atoms with Gasteiger partial charge in [-0.3, -0.25) is 4.79 Å². The summed E-state index contributed by atoms with van der Waals surface area (Å²) in [7, 11) is 0. The normalized spacial score (nSPS) is 28.2. The number of ether oxygens (including phenoxy) is 2. The Kier molecular flexibility index (Phi) is 4.57. The van der Waals surface area contributed by atoms with Crippen molar-refractivity contribution >= 4 is 5.78 Å². The molecule has 0 bridgehead atoms. The molecule has 0 saturated carbocycles. The number of hydrogen-bond donors (Lipinski definition) is 0. The van der Waals surface area contributed by atoms with Gasteiger partial charge in [0.05, 0.1) is 5.60 Å². The standard InChI is InChI=1S/C14H24O3/c1-2-13(15)4-3-12-5-8-17-14(11-12)6-9-16-10-7-14/h12H,2-11H2,1H3. The van der Waals surface area contributed by atoms with Crippen molar-refractivity contribution in [3.8, 4) is 0 Å². The Morgan fingerprint density at radius 2 is 2.06 bits per heavy atom. The lowest BCUT2D eigenvalue weighted by molar-refractivity contribution is -0.148. The van der Waals surface area contributed by atoms with Crippen molar-refractivity contribution in [1.29, 1.82) is 0 Å². The Bertz CT molecular complexity index is 251. The molecule has 0 N–H and O–H groups in total. The van der Waals surface area contributed by atoms with Crippen molar-refractivity contribution in [2.45, 2.75) is 57.5 Å². The zero-order valence-electron chi connectivity index (χ0n) is 10.9. The Labute approximate surface area is 104 Å². The summed E-state index contributed by atoms with van der Waals surface area (Å²) in [5, 5.41) is 0. The zero-order valence-corrected chi connectivity index (χ0v) is 10.9.